The first-order valence-electron chi connectivity index (χ1n) is 3.39. The lowest BCUT2D eigenvalue weighted by Crippen LogP contribution is -2.24. The van der Waals surface area contributed by atoms with Gasteiger partial charge in [0, 0.05) is 6.54 Å². The van der Waals surface area contributed by atoms with Crippen molar-refractivity contribution < 1.29 is 9.53 Å². The normalized spacial score (nSPS) is 10.9. The molecule has 0 aliphatic heterocycles. The maximum atomic E-state index is 10.8. The van der Waals surface area contributed by atoms with Crippen molar-refractivity contribution in [1.82, 2.24) is 0 Å². The van der Waals surface area contributed by atoms with Crippen molar-refractivity contribution in [2.45, 2.75) is 6.42 Å². The number of hydrogen-bond donors (Lipinski definition) is 1. The molecule has 0 bridgehead atoms. The molecule has 5 heteroatoms. The van der Waals surface area contributed by atoms with Crippen LogP contribution < -0.4 is 5.73 Å². The van der Waals surface area contributed by atoms with Crippen molar-refractivity contribution in [3.05, 3.63) is 0 Å². The van der Waals surface area contributed by atoms with Crippen LogP contribution in [0.15, 0.2) is 0 Å². The number of carbonyl (C=O) groups excluding carboxylic acids is 1. The Morgan fingerprint density at radius 3 is 2.67 bits per heavy atom. The molecule has 0 rings (SSSR count). The summed E-state index contributed by atoms with van der Waals surface area (Å²) in [5.74, 6) is -1.57. The Balaban J connectivity index is 3.73. The van der Waals surface area contributed by atoms with Crippen LogP contribution in [0.5, 0.6) is 0 Å². The van der Waals surface area contributed by atoms with Crippen LogP contribution in [-0.4, -0.2) is 19.1 Å². The van der Waals surface area contributed by atoms with Crippen molar-refractivity contribution in [1.29, 1.82) is 10.5 Å². The van der Waals surface area contributed by atoms with E-state index in [0.29, 0.717) is 0 Å². The molecule has 1 atom stereocenters. The van der Waals surface area contributed by atoms with E-state index in [4.69, 9.17) is 16.3 Å². The van der Waals surface area contributed by atoms with Crippen LogP contribution in [0, 0.1) is 28.6 Å². The number of nitriles is 2. The van der Waals surface area contributed by atoms with Gasteiger partial charge in [-0.2, -0.15) is 10.5 Å². The number of esters is 1. The van der Waals surface area contributed by atoms with E-state index >= 15 is 0 Å². The SMILES string of the molecule is N#CCCOC(=O)C(C#N)CN. The molecule has 0 aromatic carbocycles. The lowest BCUT2D eigenvalue weighted by Gasteiger charge is -2.04. The first-order valence-corrected chi connectivity index (χ1v) is 3.39. The minimum absolute atomic E-state index is 0.0213. The van der Waals surface area contributed by atoms with Crippen molar-refractivity contribution >= 4 is 5.97 Å². The zero-order chi connectivity index (χ0) is 9.40. The molecule has 64 valence electrons. The second kappa shape index (κ2) is 6.14. The highest BCUT2D eigenvalue weighted by Gasteiger charge is 2.16. The van der Waals surface area contributed by atoms with Gasteiger partial charge < -0.3 is 10.5 Å². The van der Waals surface area contributed by atoms with E-state index in [0.717, 1.165) is 0 Å². The van der Waals surface area contributed by atoms with Crippen LogP contribution in [0.1, 0.15) is 6.42 Å². The summed E-state index contributed by atoms with van der Waals surface area (Å²) in [4.78, 5) is 10.8. The molecular formula is C7H9N3O2. The average Bonchev–Trinajstić information content (AvgIpc) is 2.07. The third-order valence-electron chi connectivity index (χ3n) is 1.13. The molecule has 0 aromatic rings. The smallest absolute Gasteiger partial charge is 0.324 e. The van der Waals surface area contributed by atoms with Crippen molar-refractivity contribution in [2.75, 3.05) is 13.2 Å². The lowest BCUT2D eigenvalue weighted by molar-refractivity contribution is -0.146. The van der Waals surface area contributed by atoms with Gasteiger partial charge in [0.25, 0.3) is 0 Å². The van der Waals surface area contributed by atoms with E-state index in [1.54, 1.807) is 12.1 Å². The summed E-state index contributed by atoms with van der Waals surface area (Å²) in [5, 5.41) is 16.5. The van der Waals surface area contributed by atoms with Crippen LogP contribution in [0.3, 0.4) is 0 Å². The molecule has 0 spiro atoms. The van der Waals surface area contributed by atoms with Gasteiger partial charge in [0.05, 0.1) is 18.6 Å². The fourth-order valence-electron chi connectivity index (χ4n) is 0.499. The number of ether oxygens (including phenoxy) is 1. The Kier molecular flexibility index (Phi) is 5.33. The van der Waals surface area contributed by atoms with E-state index in [-0.39, 0.29) is 19.6 Å². The monoisotopic (exact) mass is 167 g/mol. The van der Waals surface area contributed by atoms with Crippen LogP contribution in [-0.2, 0) is 9.53 Å². The third kappa shape index (κ3) is 3.55. The van der Waals surface area contributed by atoms with Crippen LogP contribution in [0.2, 0.25) is 0 Å². The quantitative estimate of drug-likeness (QED) is 0.451. The van der Waals surface area contributed by atoms with Gasteiger partial charge in [-0.05, 0) is 0 Å². The summed E-state index contributed by atoms with van der Waals surface area (Å²) in [5.41, 5.74) is 5.10. The molecular weight excluding hydrogens is 158 g/mol. The third-order valence-corrected chi connectivity index (χ3v) is 1.13. The summed E-state index contributed by atoms with van der Waals surface area (Å²) in [6, 6.07) is 3.50. The molecule has 1 unspecified atom stereocenters. The highest BCUT2D eigenvalue weighted by Crippen LogP contribution is 1.95. The van der Waals surface area contributed by atoms with E-state index < -0.39 is 11.9 Å². The molecule has 5 nitrogen and oxygen atoms in total. The molecule has 0 heterocycles. The predicted molar refractivity (Wildman–Crippen MR) is 39.3 cm³/mol. The molecule has 0 radical (unpaired) electrons. The summed E-state index contributed by atoms with van der Waals surface area (Å²) in [7, 11) is 0. The summed E-state index contributed by atoms with van der Waals surface area (Å²) < 4.78 is 4.56. The van der Waals surface area contributed by atoms with Crippen molar-refractivity contribution in [3.8, 4) is 12.1 Å². The van der Waals surface area contributed by atoms with E-state index in [1.807, 2.05) is 0 Å². The molecule has 0 aliphatic carbocycles. The fraction of sp³-hybridized carbons (Fsp3) is 0.571. The second-order valence-electron chi connectivity index (χ2n) is 1.99. The van der Waals surface area contributed by atoms with Crippen LogP contribution >= 0.6 is 0 Å². The largest absolute Gasteiger partial charge is 0.464 e. The van der Waals surface area contributed by atoms with Gasteiger partial charge in [-0.3, -0.25) is 4.79 Å². The van der Waals surface area contributed by atoms with Gasteiger partial charge in [-0.15, -0.1) is 0 Å². The molecule has 0 saturated carbocycles. The van der Waals surface area contributed by atoms with E-state index in [9.17, 15) is 4.79 Å². The standard InChI is InChI=1S/C7H9N3O2/c8-2-1-3-12-7(11)6(4-9)5-10/h6H,1,3-4,9H2. The maximum absolute atomic E-state index is 10.8. The number of rotatable bonds is 4. The summed E-state index contributed by atoms with van der Waals surface area (Å²) in [6.45, 7) is -0.0323. The number of carbonyl (C=O) groups is 1. The highest BCUT2D eigenvalue weighted by atomic mass is 16.5. The minimum atomic E-state index is -0.913. The van der Waals surface area contributed by atoms with Gasteiger partial charge in [-0.25, -0.2) is 0 Å². The zero-order valence-electron chi connectivity index (χ0n) is 6.49. The minimum Gasteiger partial charge on any atom is -0.464 e. The van der Waals surface area contributed by atoms with Crippen LogP contribution in [0.4, 0.5) is 0 Å². The van der Waals surface area contributed by atoms with Gasteiger partial charge in [0.15, 0.2) is 5.92 Å². The molecule has 2 N–H and O–H groups in total. The van der Waals surface area contributed by atoms with Crippen molar-refractivity contribution in [3.63, 3.8) is 0 Å². The molecule has 12 heavy (non-hydrogen) atoms. The molecule has 0 aliphatic rings. The molecule has 0 saturated heterocycles. The Morgan fingerprint density at radius 1 is 1.58 bits per heavy atom. The molecule has 0 amide bonds. The van der Waals surface area contributed by atoms with E-state index in [1.165, 1.54) is 0 Å². The van der Waals surface area contributed by atoms with Crippen molar-refractivity contribution in [2.24, 2.45) is 11.7 Å². The van der Waals surface area contributed by atoms with Gasteiger partial charge >= 0.3 is 5.97 Å². The number of hydrogen-bond acceptors (Lipinski definition) is 5. The second-order valence-corrected chi connectivity index (χ2v) is 1.99. The lowest BCUT2D eigenvalue weighted by atomic mass is 10.2. The zero-order valence-corrected chi connectivity index (χ0v) is 6.49. The Labute approximate surface area is 70.3 Å². The molecule has 0 aromatic heterocycles. The van der Waals surface area contributed by atoms with Gasteiger partial charge in [-0.1, -0.05) is 0 Å². The van der Waals surface area contributed by atoms with Crippen LogP contribution in [0.25, 0.3) is 0 Å². The Hall–Kier alpha value is -1.59. The van der Waals surface area contributed by atoms with Gasteiger partial charge in [0.1, 0.15) is 6.61 Å². The first-order chi connectivity index (χ1) is 5.76. The van der Waals surface area contributed by atoms with Gasteiger partial charge in [0.2, 0.25) is 0 Å². The summed E-state index contributed by atoms with van der Waals surface area (Å²) in [6.07, 6.45) is 0.133. The highest BCUT2D eigenvalue weighted by molar-refractivity contribution is 5.75. The number of nitrogens with zero attached hydrogens (tertiary/aromatic N) is 2. The maximum Gasteiger partial charge on any atom is 0.324 e. The Bertz CT molecular complexity index is 226. The first kappa shape index (κ1) is 10.4. The fourth-order valence-corrected chi connectivity index (χ4v) is 0.499. The topological polar surface area (TPSA) is 99.9 Å². The average molecular weight is 167 g/mol. The summed E-state index contributed by atoms with van der Waals surface area (Å²) >= 11 is 0. The number of nitrogens with two attached hydrogens (primary N) is 1. The predicted octanol–water partition coefficient (Wildman–Crippen LogP) is -0.458. The Morgan fingerprint density at radius 2 is 2.25 bits per heavy atom. The van der Waals surface area contributed by atoms with E-state index in [2.05, 4.69) is 4.74 Å². The molecule has 0 fully saturated rings.